The van der Waals surface area contributed by atoms with Gasteiger partial charge in [-0.1, -0.05) is 0 Å². The van der Waals surface area contributed by atoms with E-state index in [-0.39, 0.29) is 42.9 Å². The van der Waals surface area contributed by atoms with Gasteiger partial charge >= 0.3 is 12.4 Å². The standard InChI is InChI=1S/C16H20F6N4O/c1-24-12-7-13(26-4-2-9(3-5-26)16(20,21)22)10(6-11(12)23)14(27)25-8-15(17,18)19/h6-7,9,24H,2-5,8,23H2,1H3,(H,25,27). The largest absolute Gasteiger partial charge is 0.405 e. The highest BCUT2D eigenvalue weighted by molar-refractivity contribution is 6.02. The molecule has 0 aromatic heterocycles. The summed E-state index contributed by atoms with van der Waals surface area (Å²) in [5, 5.41) is 4.56. The molecule has 1 saturated heterocycles. The Morgan fingerprint density at radius 2 is 1.78 bits per heavy atom. The third-order valence-electron chi connectivity index (χ3n) is 4.43. The van der Waals surface area contributed by atoms with Crippen LogP contribution in [0.1, 0.15) is 23.2 Å². The van der Waals surface area contributed by atoms with Crippen LogP contribution >= 0.6 is 0 Å². The zero-order chi connectivity index (χ0) is 20.4. The third kappa shape index (κ3) is 5.33. The minimum atomic E-state index is -4.59. The summed E-state index contributed by atoms with van der Waals surface area (Å²) in [7, 11) is 1.56. The summed E-state index contributed by atoms with van der Waals surface area (Å²) >= 11 is 0. The summed E-state index contributed by atoms with van der Waals surface area (Å²) in [6.45, 7) is -1.47. The van der Waals surface area contributed by atoms with Crippen LogP contribution < -0.4 is 21.3 Å². The first-order valence-corrected chi connectivity index (χ1v) is 8.20. The van der Waals surface area contributed by atoms with Crippen molar-refractivity contribution in [2.75, 3.05) is 42.6 Å². The minimum absolute atomic E-state index is 0.0246. The lowest BCUT2D eigenvalue weighted by Gasteiger charge is -2.35. The number of hydrogen-bond acceptors (Lipinski definition) is 4. The van der Waals surface area contributed by atoms with Crippen LogP contribution in [0.25, 0.3) is 0 Å². The van der Waals surface area contributed by atoms with Crippen molar-refractivity contribution in [2.45, 2.75) is 25.2 Å². The Morgan fingerprint density at radius 3 is 2.26 bits per heavy atom. The van der Waals surface area contributed by atoms with Gasteiger partial charge in [0.1, 0.15) is 6.54 Å². The lowest BCUT2D eigenvalue weighted by Crippen LogP contribution is -2.40. The summed E-state index contributed by atoms with van der Waals surface area (Å²) in [5.41, 5.74) is 6.50. The quantitative estimate of drug-likeness (QED) is 0.537. The smallest absolute Gasteiger partial charge is 0.397 e. The van der Waals surface area contributed by atoms with E-state index in [4.69, 9.17) is 5.73 Å². The fraction of sp³-hybridized carbons (Fsp3) is 0.562. The van der Waals surface area contributed by atoms with E-state index in [1.165, 1.54) is 12.1 Å². The number of piperidine rings is 1. The first-order chi connectivity index (χ1) is 12.4. The molecule has 0 saturated carbocycles. The Kier molecular flexibility index (Phi) is 6.01. The number of anilines is 3. The first kappa shape index (κ1) is 21.0. The molecule has 4 N–H and O–H groups in total. The van der Waals surface area contributed by atoms with E-state index in [1.54, 1.807) is 17.3 Å². The Labute approximate surface area is 151 Å². The molecular weight excluding hydrogens is 378 g/mol. The summed E-state index contributed by atoms with van der Waals surface area (Å²) in [6.07, 6.45) is -9.20. The third-order valence-corrected chi connectivity index (χ3v) is 4.43. The van der Waals surface area contributed by atoms with Gasteiger partial charge in [0.15, 0.2) is 0 Å². The molecule has 1 aliphatic rings. The number of amides is 1. The summed E-state index contributed by atoms with van der Waals surface area (Å²) < 4.78 is 75.7. The molecule has 0 unspecified atom stereocenters. The van der Waals surface area contributed by atoms with Gasteiger partial charge in [0.2, 0.25) is 0 Å². The minimum Gasteiger partial charge on any atom is -0.397 e. The van der Waals surface area contributed by atoms with Crippen LogP contribution in [-0.2, 0) is 0 Å². The number of nitrogen functional groups attached to an aromatic ring is 1. The van der Waals surface area contributed by atoms with Crippen molar-refractivity contribution in [3.05, 3.63) is 17.7 Å². The predicted molar refractivity (Wildman–Crippen MR) is 89.8 cm³/mol. The zero-order valence-electron chi connectivity index (χ0n) is 14.5. The van der Waals surface area contributed by atoms with Crippen molar-refractivity contribution in [1.29, 1.82) is 0 Å². The molecular formula is C16H20F6N4O. The van der Waals surface area contributed by atoms with Crippen LogP contribution in [0.5, 0.6) is 0 Å². The van der Waals surface area contributed by atoms with Gasteiger partial charge in [-0.2, -0.15) is 26.3 Å². The molecule has 1 aromatic carbocycles. The van der Waals surface area contributed by atoms with Crippen molar-refractivity contribution in [3.8, 4) is 0 Å². The summed E-state index contributed by atoms with van der Waals surface area (Å²) in [4.78, 5) is 13.8. The summed E-state index contributed by atoms with van der Waals surface area (Å²) in [5.74, 6) is -2.43. The predicted octanol–water partition coefficient (Wildman–Crippen LogP) is 3.38. The fourth-order valence-corrected chi connectivity index (χ4v) is 2.99. The second-order valence-electron chi connectivity index (χ2n) is 6.31. The topological polar surface area (TPSA) is 70.4 Å². The highest BCUT2D eigenvalue weighted by atomic mass is 19.4. The van der Waals surface area contributed by atoms with E-state index in [0.717, 1.165) is 0 Å². The van der Waals surface area contributed by atoms with E-state index in [2.05, 4.69) is 5.32 Å². The molecule has 0 atom stereocenters. The molecule has 0 aliphatic carbocycles. The van der Waals surface area contributed by atoms with Crippen LogP contribution in [-0.4, -0.2) is 44.9 Å². The molecule has 5 nitrogen and oxygen atoms in total. The first-order valence-electron chi connectivity index (χ1n) is 8.20. The van der Waals surface area contributed by atoms with Gasteiger partial charge in [0.05, 0.1) is 28.5 Å². The Morgan fingerprint density at radius 1 is 1.19 bits per heavy atom. The van der Waals surface area contributed by atoms with E-state index >= 15 is 0 Å². The molecule has 11 heteroatoms. The zero-order valence-corrected chi connectivity index (χ0v) is 14.5. The van der Waals surface area contributed by atoms with Crippen molar-refractivity contribution in [3.63, 3.8) is 0 Å². The molecule has 1 heterocycles. The number of carbonyl (C=O) groups excluding carboxylic acids is 1. The van der Waals surface area contributed by atoms with Crippen molar-refractivity contribution in [1.82, 2.24) is 5.32 Å². The number of halogens is 6. The lowest BCUT2D eigenvalue weighted by atomic mass is 9.95. The van der Waals surface area contributed by atoms with Crippen molar-refractivity contribution >= 4 is 23.0 Å². The van der Waals surface area contributed by atoms with Gasteiger partial charge < -0.3 is 21.3 Å². The molecule has 1 aliphatic heterocycles. The molecule has 1 amide bonds. The monoisotopic (exact) mass is 398 g/mol. The van der Waals surface area contributed by atoms with Gasteiger partial charge in [-0.15, -0.1) is 0 Å². The molecule has 0 bridgehead atoms. The van der Waals surface area contributed by atoms with Gasteiger partial charge in [-0.3, -0.25) is 4.79 Å². The second kappa shape index (κ2) is 7.73. The van der Waals surface area contributed by atoms with Gasteiger partial charge in [0.25, 0.3) is 5.91 Å². The normalized spacial score (nSPS) is 16.3. The molecule has 2 rings (SSSR count). The van der Waals surface area contributed by atoms with E-state index in [1.807, 2.05) is 0 Å². The molecule has 0 spiro atoms. The maximum absolute atomic E-state index is 12.8. The average molecular weight is 398 g/mol. The molecule has 1 fully saturated rings. The van der Waals surface area contributed by atoms with Crippen molar-refractivity contribution in [2.24, 2.45) is 5.92 Å². The average Bonchev–Trinajstić information content (AvgIpc) is 2.58. The summed E-state index contributed by atoms with van der Waals surface area (Å²) in [6, 6.07) is 2.69. The number of nitrogens with zero attached hydrogens (tertiary/aromatic N) is 1. The van der Waals surface area contributed by atoms with E-state index in [9.17, 15) is 31.1 Å². The number of nitrogens with one attached hydrogen (secondary N) is 2. The molecule has 1 aromatic rings. The maximum Gasteiger partial charge on any atom is 0.405 e. The number of rotatable bonds is 4. The number of benzene rings is 1. The molecule has 27 heavy (non-hydrogen) atoms. The molecule has 0 radical (unpaired) electrons. The van der Waals surface area contributed by atoms with E-state index in [0.29, 0.717) is 5.69 Å². The second-order valence-corrected chi connectivity index (χ2v) is 6.31. The van der Waals surface area contributed by atoms with Gasteiger partial charge in [-0.25, -0.2) is 0 Å². The van der Waals surface area contributed by atoms with Gasteiger partial charge in [-0.05, 0) is 25.0 Å². The number of carbonyl (C=O) groups is 1. The maximum atomic E-state index is 12.8. The van der Waals surface area contributed by atoms with Gasteiger partial charge in [0, 0.05) is 20.1 Å². The number of hydrogen-bond donors (Lipinski definition) is 3. The fourth-order valence-electron chi connectivity index (χ4n) is 2.99. The van der Waals surface area contributed by atoms with E-state index < -0.39 is 30.7 Å². The Bertz CT molecular complexity index is 681. The highest BCUT2D eigenvalue weighted by Gasteiger charge is 2.41. The Balaban J connectivity index is 2.27. The van der Waals surface area contributed by atoms with Crippen molar-refractivity contribution < 1.29 is 31.1 Å². The number of nitrogens with two attached hydrogens (primary N) is 1. The lowest BCUT2D eigenvalue weighted by molar-refractivity contribution is -0.179. The van der Waals surface area contributed by atoms with Crippen LogP contribution in [0.15, 0.2) is 12.1 Å². The SMILES string of the molecule is CNc1cc(N2CCC(C(F)(F)F)CC2)c(C(=O)NCC(F)(F)F)cc1N. The Hall–Kier alpha value is -2.33. The molecule has 152 valence electrons. The number of alkyl halides is 6. The van der Waals surface area contributed by atoms with Crippen LogP contribution in [0, 0.1) is 5.92 Å². The highest BCUT2D eigenvalue weighted by Crippen LogP contribution is 2.37. The van der Waals surface area contributed by atoms with Crippen LogP contribution in [0.2, 0.25) is 0 Å². The van der Waals surface area contributed by atoms with Crippen LogP contribution in [0.3, 0.4) is 0 Å². The van der Waals surface area contributed by atoms with Crippen LogP contribution in [0.4, 0.5) is 43.4 Å².